The van der Waals surface area contributed by atoms with E-state index in [1.54, 1.807) is 0 Å². The largest absolute Gasteiger partial charge is 0.293 e. The van der Waals surface area contributed by atoms with Gasteiger partial charge in [0.2, 0.25) is 0 Å². The van der Waals surface area contributed by atoms with Gasteiger partial charge in [0.15, 0.2) is 0 Å². The van der Waals surface area contributed by atoms with Crippen LogP contribution >= 0.6 is 0 Å². The second-order valence-corrected chi connectivity index (χ2v) is 18.7. The predicted molar refractivity (Wildman–Crippen MR) is 294 cm³/mol. The molecule has 0 N–H and O–H groups in total. The highest BCUT2D eigenvalue weighted by Crippen LogP contribution is 2.50. The molecule has 0 fully saturated rings. The zero-order chi connectivity index (χ0) is 45.4. The van der Waals surface area contributed by atoms with Crippen LogP contribution in [-0.2, 0) is 6.42 Å². The molecule has 0 saturated heterocycles. The molecule has 0 spiro atoms. The topological polar surface area (TPSA) is 17.8 Å². The molecule has 0 amide bonds. The van der Waals surface area contributed by atoms with Gasteiger partial charge in [-0.3, -0.25) is 4.57 Å². The second-order valence-electron chi connectivity index (χ2n) is 18.7. The highest BCUT2D eigenvalue weighted by molar-refractivity contribution is 6.27. The molecule has 0 radical (unpaired) electrons. The van der Waals surface area contributed by atoms with Crippen molar-refractivity contribution in [1.82, 2.24) is 9.55 Å². The third-order valence-corrected chi connectivity index (χ3v) is 14.8. The third kappa shape index (κ3) is 6.29. The SMILES string of the molecule is C1=CC(n2c(-c3ccc(-c4c5ccccc5c(-c5ccc6c(-c7cccc8ccccc78)c7ccccc7c(-c7cccc8ccccc78)c6c5)c5ccccc45)cc3)nc3c2C=CCC3)=CCC1. The molecule has 0 unspecified atom stereocenters. The van der Waals surface area contributed by atoms with Crippen LogP contribution in [0.5, 0.6) is 0 Å². The lowest BCUT2D eigenvalue weighted by Gasteiger charge is -2.22. The van der Waals surface area contributed by atoms with E-state index in [2.05, 4.69) is 235 Å². The predicted octanol–water partition coefficient (Wildman–Crippen LogP) is 18.3. The van der Waals surface area contributed by atoms with E-state index >= 15 is 0 Å². The highest BCUT2D eigenvalue weighted by atomic mass is 15.1. The Morgan fingerprint density at radius 3 is 1.39 bits per heavy atom. The first-order valence-corrected chi connectivity index (χ1v) is 24.4. The zero-order valence-corrected chi connectivity index (χ0v) is 38.2. The molecule has 1 heterocycles. The lowest BCUT2D eigenvalue weighted by molar-refractivity contribution is 0.936. The van der Waals surface area contributed by atoms with Gasteiger partial charge in [-0.25, -0.2) is 4.98 Å². The number of imidazole rings is 1. The maximum absolute atomic E-state index is 5.30. The number of aryl methyl sites for hydroxylation is 1. The van der Waals surface area contributed by atoms with Gasteiger partial charge in [0.05, 0.1) is 11.4 Å². The van der Waals surface area contributed by atoms with Crippen LogP contribution in [0.25, 0.3) is 132 Å². The molecule has 2 heteroatoms. The minimum absolute atomic E-state index is 0.967. The van der Waals surface area contributed by atoms with E-state index in [0.29, 0.717) is 0 Å². The first kappa shape index (κ1) is 39.6. The fourth-order valence-corrected chi connectivity index (χ4v) is 11.8. The summed E-state index contributed by atoms with van der Waals surface area (Å²) in [6, 6.07) is 74.8. The lowest BCUT2D eigenvalue weighted by atomic mass is 9.81. The number of aromatic nitrogens is 2. The van der Waals surface area contributed by atoms with Crippen molar-refractivity contribution in [3.8, 4) is 55.9 Å². The van der Waals surface area contributed by atoms with Crippen molar-refractivity contribution in [2.75, 3.05) is 0 Å². The van der Waals surface area contributed by atoms with Crippen molar-refractivity contribution in [2.24, 2.45) is 0 Å². The summed E-state index contributed by atoms with van der Waals surface area (Å²) >= 11 is 0. The summed E-state index contributed by atoms with van der Waals surface area (Å²) in [7, 11) is 0. The van der Waals surface area contributed by atoms with Crippen molar-refractivity contribution in [2.45, 2.75) is 25.7 Å². The quantitative estimate of drug-likeness (QED) is 0.152. The molecule has 1 aromatic heterocycles. The average Bonchev–Trinajstić information content (AvgIpc) is 3.81. The van der Waals surface area contributed by atoms with Gasteiger partial charge >= 0.3 is 0 Å². The van der Waals surface area contributed by atoms with Crippen LogP contribution in [-0.4, -0.2) is 9.55 Å². The average molecular weight is 879 g/mol. The van der Waals surface area contributed by atoms with Crippen molar-refractivity contribution >= 4 is 76.4 Å². The Labute approximate surface area is 401 Å². The van der Waals surface area contributed by atoms with Crippen molar-refractivity contribution in [3.05, 3.63) is 236 Å². The molecule has 0 bridgehead atoms. The Bertz CT molecular complexity index is 4110. The van der Waals surface area contributed by atoms with E-state index in [0.717, 1.165) is 37.1 Å². The highest BCUT2D eigenvalue weighted by Gasteiger charge is 2.24. The van der Waals surface area contributed by atoms with Gasteiger partial charge in [0.1, 0.15) is 5.82 Å². The van der Waals surface area contributed by atoms with Gasteiger partial charge in [0, 0.05) is 11.3 Å². The lowest BCUT2D eigenvalue weighted by Crippen LogP contribution is -2.04. The number of hydrogen-bond donors (Lipinski definition) is 0. The Balaban J connectivity index is 1.01. The summed E-state index contributed by atoms with van der Waals surface area (Å²) in [5.74, 6) is 1.01. The molecule has 0 saturated carbocycles. The maximum atomic E-state index is 5.30. The van der Waals surface area contributed by atoms with Crippen LogP contribution in [0.2, 0.25) is 0 Å². The van der Waals surface area contributed by atoms with Crippen LogP contribution in [0.15, 0.2) is 224 Å². The smallest absolute Gasteiger partial charge is 0.145 e. The van der Waals surface area contributed by atoms with Crippen LogP contribution in [0, 0.1) is 0 Å². The number of allylic oxidation sites excluding steroid dienone is 5. The van der Waals surface area contributed by atoms with Crippen LogP contribution in [0.3, 0.4) is 0 Å². The summed E-state index contributed by atoms with van der Waals surface area (Å²) in [5.41, 5.74) is 14.7. The van der Waals surface area contributed by atoms with E-state index in [1.807, 2.05) is 0 Å². The summed E-state index contributed by atoms with van der Waals surface area (Å²) in [4.78, 5) is 5.30. The summed E-state index contributed by atoms with van der Waals surface area (Å²) < 4.78 is 2.37. The fraction of sp³-hybridized carbons (Fsp3) is 0.0597. The summed E-state index contributed by atoms with van der Waals surface area (Å²) in [6.45, 7) is 0. The number of nitrogens with zero attached hydrogens (tertiary/aromatic N) is 2. The van der Waals surface area contributed by atoms with Crippen molar-refractivity contribution < 1.29 is 0 Å². The molecule has 2 aliphatic carbocycles. The van der Waals surface area contributed by atoms with E-state index < -0.39 is 0 Å². The number of fused-ring (bicyclic) bond motifs is 7. The number of benzene rings is 11. The minimum atomic E-state index is 0.967. The van der Waals surface area contributed by atoms with Crippen molar-refractivity contribution in [1.29, 1.82) is 0 Å². The first-order chi connectivity index (χ1) is 34.3. The molecule has 14 rings (SSSR count). The monoisotopic (exact) mass is 878 g/mol. The third-order valence-electron chi connectivity index (χ3n) is 14.8. The molecule has 69 heavy (non-hydrogen) atoms. The Hall–Kier alpha value is -8.59. The number of rotatable bonds is 6. The second kappa shape index (κ2) is 16.0. The fourth-order valence-electron chi connectivity index (χ4n) is 11.8. The van der Waals surface area contributed by atoms with Gasteiger partial charge in [-0.15, -0.1) is 0 Å². The first-order valence-electron chi connectivity index (χ1n) is 24.4. The normalized spacial score (nSPS) is 13.5. The van der Waals surface area contributed by atoms with Gasteiger partial charge in [0.25, 0.3) is 0 Å². The summed E-state index contributed by atoms with van der Waals surface area (Å²) in [5, 5.41) is 14.9. The standard InChI is InChI=1S/C67H46N2/c1-2-22-48(23-3-1)69-62-35-15-14-34-61(62)68-67(69)46-38-36-45(37-39-46)63-53-26-8-10-28-55(53)64(56-29-11-9-27-54(56)63)47-40-41-59-60(42-47)66(52-33-17-21-44-19-5-7-25-50(44)52)58-31-13-12-30-57(58)65(59)51-32-16-20-43-18-4-6-24-49(43)51/h2,4-13,15-33,35-42H,1,3,14,34H2. The van der Waals surface area contributed by atoms with E-state index in [9.17, 15) is 0 Å². The molecule has 11 aromatic carbocycles. The van der Waals surface area contributed by atoms with Gasteiger partial charge < -0.3 is 0 Å². The van der Waals surface area contributed by atoms with Gasteiger partial charge in [-0.05, 0) is 153 Å². The van der Waals surface area contributed by atoms with Gasteiger partial charge in [-0.1, -0.05) is 212 Å². The molecule has 0 aliphatic heterocycles. The molecular weight excluding hydrogens is 833 g/mol. The number of hydrogen-bond acceptors (Lipinski definition) is 1. The Morgan fingerprint density at radius 1 is 0.348 bits per heavy atom. The molecule has 12 aromatic rings. The summed E-state index contributed by atoms with van der Waals surface area (Å²) in [6.07, 6.45) is 15.6. The molecule has 2 nitrogen and oxygen atoms in total. The Morgan fingerprint density at radius 2 is 0.812 bits per heavy atom. The maximum Gasteiger partial charge on any atom is 0.145 e. The molecule has 324 valence electrons. The molecule has 2 aliphatic rings. The van der Waals surface area contributed by atoms with Crippen LogP contribution in [0.1, 0.15) is 30.7 Å². The van der Waals surface area contributed by atoms with E-state index in [-0.39, 0.29) is 0 Å². The zero-order valence-electron chi connectivity index (χ0n) is 38.2. The molecule has 0 atom stereocenters. The van der Waals surface area contributed by atoms with E-state index in [1.165, 1.54) is 126 Å². The van der Waals surface area contributed by atoms with Crippen LogP contribution < -0.4 is 0 Å². The Kier molecular flexibility index (Phi) is 9.20. The van der Waals surface area contributed by atoms with Crippen LogP contribution in [0.4, 0.5) is 0 Å². The minimum Gasteiger partial charge on any atom is -0.293 e. The van der Waals surface area contributed by atoms with Gasteiger partial charge in [-0.2, -0.15) is 0 Å². The van der Waals surface area contributed by atoms with E-state index in [4.69, 9.17) is 4.98 Å². The molecular formula is C67H46N2. The van der Waals surface area contributed by atoms with Crippen molar-refractivity contribution in [3.63, 3.8) is 0 Å².